The van der Waals surface area contributed by atoms with Gasteiger partial charge in [-0.1, -0.05) is 0 Å². The van der Waals surface area contributed by atoms with Crippen molar-refractivity contribution in [2.45, 2.75) is 31.4 Å². The van der Waals surface area contributed by atoms with Gasteiger partial charge in [-0.05, 0) is 31.0 Å². The van der Waals surface area contributed by atoms with E-state index in [0.29, 0.717) is 25.4 Å². The molecule has 27 heavy (non-hydrogen) atoms. The number of pyridine rings is 2. The summed E-state index contributed by atoms with van der Waals surface area (Å²) in [7, 11) is 1.52. The zero-order valence-electron chi connectivity index (χ0n) is 14.8. The van der Waals surface area contributed by atoms with Crippen LogP contribution in [0.25, 0.3) is 10.9 Å². The van der Waals surface area contributed by atoms with E-state index < -0.39 is 17.4 Å². The molecule has 1 unspecified atom stereocenters. The van der Waals surface area contributed by atoms with Crippen LogP contribution >= 0.6 is 0 Å². The second-order valence-corrected chi connectivity index (χ2v) is 6.60. The van der Waals surface area contributed by atoms with E-state index in [1.165, 1.54) is 13.2 Å². The zero-order valence-corrected chi connectivity index (χ0v) is 14.8. The molecule has 9 heteroatoms. The Balaban J connectivity index is 1.89. The van der Waals surface area contributed by atoms with Crippen molar-refractivity contribution in [3.05, 3.63) is 39.9 Å². The molecule has 0 saturated carbocycles. The predicted octanol–water partition coefficient (Wildman–Crippen LogP) is 2.68. The van der Waals surface area contributed by atoms with Gasteiger partial charge in [0.05, 0.1) is 23.9 Å². The van der Waals surface area contributed by atoms with Crippen LogP contribution in [0.2, 0.25) is 0 Å². The summed E-state index contributed by atoms with van der Waals surface area (Å²) in [5.74, 6) is -0.194. The third-order valence-electron chi connectivity index (χ3n) is 4.74. The van der Waals surface area contributed by atoms with Gasteiger partial charge in [0.2, 0.25) is 5.91 Å². The summed E-state index contributed by atoms with van der Waals surface area (Å²) in [6, 6.07) is 3.42. The molecule has 1 aliphatic heterocycles. The Hall–Kier alpha value is -2.42. The Morgan fingerprint density at radius 3 is 2.89 bits per heavy atom. The third kappa shape index (κ3) is 4.29. The molecule has 1 fully saturated rings. The zero-order chi connectivity index (χ0) is 19.6. The van der Waals surface area contributed by atoms with Gasteiger partial charge < -0.3 is 14.6 Å². The first-order valence-electron chi connectivity index (χ1n) is 8.67. The number of ether oxygens (including phenoxy) is 1. The number of rotatable bonds is 4. The number of methoxy groups -OCH3 is 1. The van der Waals surface area contributed by atoms with Gasteiger partial charge >= 0.3 is 6.18 Å². The molecule has 1 atom stereocenters. The minimum absolute atomic E-state index is 0.00593. The van der Waals surface area contributed by atoms with Crippen molar-refractivity contribution in [2.24, 2.45) is 0 Å². The first-order chi connectivity index (χ1) is 12.8. The van der Waals surface area contributed by atoms with E-state index >= 15 is 0 Å². The molecule has 2 aromatic rings. The van der Waals surface area contributed by atoms with Crippen molar-refractivity contribution in [1.82, 2.24) is 14.9 Å². The lowest BCUT2D eigenvalue weighted by Gasteiger charge is -2.33. The number of alkyl halides is 3. The van der Waals surface area contributed by atoms with Crippen molar-refractivity contribution in [3.63, 3.8) is 0 Å². The largest absolute Gasteiger partial charge is 0.433 e. The number of aromatic nitrogens is 2. The number of hydrogen-bond donors (Lipinski definition) is 1. The van der Waals surface area contributed by atoms with Crippen LogP contribution in [0.3, 0.4) is 0 Å². The third-order valence-corrected chi connectivity index (χ3v) is 4.74. The van der Waals surface area contributed by atoms with Gasteiger partial charge in [0, 0.05) is 31.8 Å². The number of piperidine rings is 1. The molecule has 1 amide bonds. The molecule has 6 nitrogen and oxygen atoms in total. The van der Waals surface area contributed by atoms with E-state index in [1.807, 2.05) is 0 Å². The molecule has 0 aliphatic carbocycles. The first-order valence-corrected chi connectivity index (χ1v) is 8.67. The molecule has 1 aliphatic rings. The highest BCUT2D eigenvalue weighted by molar-refractivity contribution is 5.78. The lowest BCUT2D eigenvalue weighted by Crippen LogP contribution is -2.40. The van der Waals surface area contributed by atoms with Gasteiger partial charge in [-0.15, -0.1) is 0 Å². The molecule has 1 N–H and O–H groups in total. The Morgan fingerprint density at radius 2 is 2.19 bits per heavy atom. The van der Waals surface area contributed by atoms with Crippen molar-refractivity contribution in [2.75, 3.05) is 26.8 Å². The topological polar surface area (TPSA) is 75.3 Å². The Morgan fingerprint density at radius 1 is 1.41 bits per heavy atom. The Labute approximate surface area is 153 Å². The van der Waals surface area contributed by atoms with Crippen LogP contribution in [0.1, 0.15) is 36.6 Å². The summed E-state index contributed by atoms with van der Waals surface area (Å²) >= 11 is 0. The molecule has 146 valence electrons. The van der Waals surface area contributed by atoms with Crippen molar-refractivity contribution in [1.29, 1.82) is 0 Å². The molecular weight excluding hydrogens is 363 g/mol. The monoisotopic (exact) mass is 383 g/mol. The van der Waals surface area contributed by atoms with E-state index in [2.05, 4.69) is 9.97 Å². The highest BCUT2D eigenvalue weighted by atomic mass is 19.4. The molecule has 0 aromatic carbocycles. The summed E-state index contributed by atoms with van der Waals surface area (Å²) in [5.41, 5.74) is -1.01. The number of hydrogen-bond acceptors (Lipinski definition) is 4. The second-order valence-electron chi connectivity index (χ2n) is 6.60. The van der Waals surface area contributed by atoms with Crippen molar-refractivity contribution < 1.29 is 22.7 Å². The van der Waals surface area contributed by atoms with Gasteiger partial charge in [0.15, 0.2) is 0 Å². The number of carbonyl (C=O) groups excluding carboxylic acids is 1. The average Bonchev–Trinajstić information content (AvgIpc) is 2.65. The maximum atomic E-state index is 12.9. The van der Waals surface area contributed by atoms with Crippen LogP contribution < -0.4 is 5.56 Å². The van der Waals surface area contributed by atoms with Crippen LogP contribution in [0.15, 0.2) is 23.0 Å². The van der Waals surface area contributed by atoms with Gasteiger partial charge in [-0.2, -0.15) is 13.2 Å². The van der Waals surface area contributed by atoms with Crippen LogP contribution in [-0.4, -0.2) is 47.6 Å². The highest BCUT2D eigenvalue weighted by Gasteiger charge is 2.33. The van der Waals surface area contributed by atoms with Gasteiger partial charge in [0.25, 0.3) is 5.56 Å². The number of H-pyrrole nitrogens is 1. The number of aromatic amines is 1. The normalized spacial score (nSPS) is 18.1. The maximum absolute atomic E-state index is 12.9. The van der Waals surface area contributed by atoms with Crippen LogP contribution in [0.4, 0.5) is 13.2 Å². The summed E-state index contributed by atoms with van der Waals surface area (Å²) < 4.78 is 43.7. The van der Waals surface area contributed by atoms with Crippen molar-refractivity contribution in [3.8, 4) is 0 Å². The summed E-state index contributed by atoms with van der Waals surface area (Å²) in [6.07, 6.45) is -2.83. The number of likely N-dealkylation sites (tertiary alicyclic amines) is 1. The Bertz CT molecular complexity index is 895. The van der Waals surface area contributed by atoms with E-state index in [9.17, 15) is 22.8 Å². The molecule has 0 radical (unpaired) electrons. The second kappa shape index (κ2) is 7.67. The molecular formula is C18H20F3N3O3. The van der Waals surface area contributed by atoms with Crippen molar-refractivity contribution >= 4 is 16.8 Å². The summed E-state index contributed by atoms with van der Waals surface area (Å²) in [5, 5.41) is 0.107. The number of halogens is 3. The standard InChI is InChI=1S/C18H20F3N3O3/c1-27-8-6-16(25)24-7-2-3-11(10-24)13-9-14-12(17(26)23-13)4-5-15(22-14)18(19,20)21/h4-5,9,11H,2-3,6-8,10H2,1H3,(H,23,26). The van der Waals surface area contributed by atoms with Crippen LogP contribution in [0, 0.1) is 0 Å². The van der Waals surface area contributed by atoms with E-state index in [1.54, 1.807) is 4.90 Å². The molecule has 3 heterocycles. The van der Waals surface area contributed by atoms with E-state index in [0.717, 1.165) is 25.0 Å². The van der Waals surface area contributed by atoms with E-state index in [4.69, 9.17) is 4.74 Å². The summed E-state index contributed by atoms with van der Waals surface area (Å²) in [6.45, 7) is 1.35. The number of carbonyl (C=O) groups is 1. The van der Waals surface area contributed by atoms with E-state index in [-0.39, 0.29) is 29.1 Å². The number of amides is 1. The van der Waals surface area contributed by atoms with Crippen LogP contribution in [0.5, 0.6) is 0 Å². The maximum Gasteiger partial charge on any atom is 0.433 e. The van der Waals surface area contributed by atoms with Crippen LogP contribution in [-0.2, 0) is 15.7 Å². The lowest BCUT2D eigenvalue weighted by atomic mass is 9.93. The smallest absolute Gasteiger partial charge is 0.384 e. The SMILES string of the molecule is COCCC(=O)N1CCCC(c2cc3nc(C(F)(F)F)ccc3c(=O)[nH]2)C1. The summed E-state index contributed by atoms with van der Waals surface area (Å²) in [4.78, 5) is 32.6. The minimum atomic E-state index is -4.58. The average molecular weight is 383 g/mol. The predicted molar refractivity (Wildman–Crippen MR) is 92.4 cm³/mol. The molecule has 3 rings (SSSR count). The van der Waals surface area contributed by atoms with Gasteiger partial charge in [0.1, 0.15) is 5.69 Å². The first kappa shape index (κ1) is 19.3. The number of fused-ring (bicyclic) bond motifs is 1. The fourth-order valence-electron chi connectivity index (χ4n) is 3.34. The Kier molecular flexibility index (Phi) is 5.50. The molecule has 0 bridgehead atoms. The number of nitrogens with one attached hydrogen (secondary N) is 1. The molecule has 1 saturated heterocycles. The fourth-order valence-corrected chi connectivity index (χ4v) is 3.34. The quantitative estimate of drug-likeness (QED) is 0.881. The molecule has 0 spiro atoms. The number of nitrogens with zero attached hydrogens (tertiary/aromatic N) is 2. The fraction of sp³-hybridized carbons (Fsp3) is 0.500. The lowest BCUT2D eigenvalue weighted by molar-refractivity contribution is -0.141. The highest BCUT2D eigenvalue weighted by Crippen LogP contribution is 2.30. The minimum Gasteiger partial charge on any atom is -0.384 e. The van der Waals surface area contributed by atoms with Gasteiger partial charge in [-0.3, -0.25) is 9.59 Å². The van der Waals surface area contributed by atoms with Gasteiger partial charge in [-0.25, -0.2) is 4.98 Å². The molecule has 2 aromatic heterocycles.